The molecule has 2 heterocycles. The fourth-order valence-electron chi connectivity index (χ4n) is 2.30. The average Bonchev–Trinajstić information content (AvgIpc) is 2.66. The minimum atomic E-state index is -4.71. The lowest BCUT2D eigenvalue weighted by Gasteiger charge is -2.16. The molecule has 1 aromatic heterocycles. The van der Waals surface area contributed by atoms with E-state index in [1.54, 1.807) is 0 Å². The van der Waals surface area contributed by atoms with Crippen LogP contribution in [0.5, 0.6) is 0 Å². The Morgan fingerprint density at radius 1 is 1.21 bits per heavy atom. The summed E-state index contributed by atoms with van der Waals surface area (Å²) in [5.41, 5.74) is -1.80. The van der Waals surface area contributed by atoms with Crippen LogP contribution in [0.15, 0.2) is 35.5 Å². The third kappa shape index (κ3) is 2.84. The molecule has 1 aliphatic heterocycles. The van der Waals surface area contributed by atoms with Crippen LogP contribution in [0.3, 0.4) is 0 Å². The zero-order chi connectivity index (χ0) is 17.5. The summed E-state index contributed by atoms with van der Waals surface area (Å²) in [6.45, 7) is -0.391. The number of hydrogen-bond donors (Lipinski definition) is 1. The Bertz CT molecular complexity index is 864. The van der Waals surface area contributed by atoms with Crippen LogP contribution in [0.2, 0.25) is 5.02 Å². The van der Waals surface area contributed by atoms with E-state index < -0.39 is 35.0 Å². The Hall–Kier alpha value is -2.48. The molecule has 1 amide bonds. The highest BCUT2D eigenvalue weighted by molar-refractivity contribution is 6.37. The Kier molecular flexibility index (Phi) is 4.00. The summed E-state index contributed by atoms with van der Waals surface area (Å²) in [7, 11) is 0. The smallest absolute Gasteiger partial charge is 0.324 e. The maximum Gasteiger partial charge on any atom is 0.417 e. The minimum Gasteiger partial charge on any atom is -0.324 e. The van der Waals surface area contributed by atoms with Gasteiger partial charge in [0.2, 0.25) is 5.91 Å². The predicted molar refractivity (Wildman–Crippen MR) is 79.8 cm³/mol. The molecule has 0 saturated carbocycles. The van der Waals surface area contributed by atoms with Gasteiger partial charge in [-0.25, -0.2) is 4.39 Å². The summed E-state index contributed by atoms with van der Waals surface area (Å²) in [5.74, 6) is -1.34. The first kappa shape index (κ1) is 16.4. The van der Waals surface area contributed by atoms with Crippen molar-refractivity contribution in [2.24, 2.45) is 4.99 Å². The van der Waals surface area contributed by atoms with Gasteiger partial charge < -0.3 is 5.32 Å². The molecule has 0 radical (unpaired) electrons. The maximum atomic E-state index is 14.1. The summed E-state index contributed by atoms with van der Waals surface area (Å²) < 4.78 is 53.4. The highest BCUT2D eigenvalue weighted by atomic mass is 35.5. The van der Waals surface area contributed by atoms with E-state index in [9.17, 15) is 22.4 Å². The lowest BCUT2D eigenvalue weighted by molar-refractivity contribution is -0.137. The van der Waals surface area contributed by atoms with Crippen LogP contribution < -0.4 is 5.32 Å². The lowest BCUT2D eigenvalue weighted by atomic mass is 10.0. The second-order valence-corrected chi connectivity index (χ2v) is 5.27. The monoisotopic (exact) mass is 357 g/mol. The molecular weight excluding hydrogens is 350 g/mol. The van der Waals surface area contributed by atoms with Gasteiger partial charge in [0.05, 0.1) is 22.0 Å². The van der Waals surface area contributed by atoms with Crippen molar-refractivity contribution in [3.63, 3.8) is 0 Å². The van der Waals surface area contributed by atoms with Gasteiger partial charge in [0.1, 0.15) is 12.2 Å². The molecule has 0 aliphatic carbocycles. The normalized spacial score (nSPS) is 14.5. The molecule has 0 atom stereocenters. The summed E-state index contributed by atoms with van der Waals surface area (Å²) in [4.78, 5) is 19.4. The number of amides is 1. The molecule has 0 fully saturated rings. The fraction of sp³-hybridized carbons (Fsp3) is 0.133. The number of alkyl halides is 3. The number of rotatable bonds is 1. The van der Waals surface area contributed by atoms with Crippen molar-refractivity contribution in [1.82, 2.24) is 4.98 Å². The van der Waals surface area contributed by atoms with Crippen LogP contribution in [-0.2, 0) is 11.0 Å². The number of anilines is 1. The maximum absolute atomic E-state index is 14.1. The van der Waals surface area contributed by atoms with Gasteiger partial charge in [-0.3, -0.25) is 14.8 Å². The number of aromatic nitrogens is 1. The van der Waals surface area contributed by atoms with E-state index in [1.165, 1.54) is 12.3 Å². The summed E-state index contributed by atoms with van der Waals surface area (Å²) in [5, 5.41) is 1.73. The Morgan fingerprint density at radius 3 is 2.62 bits per heavy atom. The van der Waals surface area contributed by atoms with Crippen molar-refractivity contribution >= 4 is 28.9 Å². The Balaban J connectivity index is 2.31. The number of benzodiazepines with no additional fused rings is 1. The van der Waals surface area contributed by atoms with Crippen LogP contribution >= 0.6 is 11.6 Å². The van der Waals surface area contributed by atoms with E-state index in [0.29, 0.717) is 0 Å². The Labute approximate surface area is 138 Å². The topological polar surface area (TPSA) is 54.4 Å². The third-order valence-electron chi connectivity index (χ3n) is 3.32. The number of pyridine rings is 1. The van der Waals surface area contributed by atoms with Crippen LogP contribution in [-0.4, -0.2) is 23.1 Å². The van der Waals surface area contributed by atoms with Crippen LogP contribution in [0.25, 0.3) is 0 Å². The van der Waals surface area contributed by atoms with E-state index in [0.717, 1.165) is 18.2 Å². The van der Waals surface area contributed by atoms with E-state index in [-0.39, 0.29) is 22.7 Å². The molecule has 124 valence electrons. The number of benzene rings is 1. The van der Waals surface area contributed by atoms with Gasteiger partial charge in [0, 0.05) is 11.8 Å². The number of fused-ring (bicyclic) bond motifs is 1. The second kappa shape index (κ2) is 5.86. The van der Waals surface area contributed by atoms with Gasteiger partial charge in [-0.15, -0.1) is 0 Å². The molecular formula is C15H8ClF4N3O. The van der Waals surface area contributed by atoms with Crippen molar-refractivity contribution in [1.29, 1.82) is 0 Å². The van der Waals surface area contributed by atoms with Gasteiger partial charge in [0.25, 0.3) is 0 Å². The highest BCUT2D eigenvalue weighted by Gasteiger charge is 2.36. The van der Waals surface area contributed by atoms with Crippen LogP contribution in [0.4, 0.5) is 23.2 Å². The molecule has 24 heavy (non-hydrogen) atoms. The number of carbonyl (C=O) groups is 1. The van der Waals surface area contributed by atoms with Crippen LogP contribution in [0.1, 0.15) is 16.8 Å². The number of hydrogen-bond acceptors (Lipinski definition) is 3. The van der Waals surface area contributed by atoms with E-state index in [2.05, 4.69) is 15.3 Å². The molecule has 1 N–H and O–H groups in total. The molecule has 1 aromatic carbocycles. The number of nitrogens with one attached hydrogen (secondary N) is 1. The van der Waals surface area contributed by atoms with Gasteiger partial charge in [-0.2, -0.15) is 13.2 Å². The van der Waals surface area contributed by atoms with Gasteiger partial charge in [0.15, 0.2) is 5.82 Å². The molecule has 4 nitrogen and oxygen atoms in total. The van der Waals surface area contributed by atoms with E-state index in [1.807, 2.05) is 0 Å². The number of halogens is 5. The molecule has 1 aliphatic rings. The average molecular weight is 358 g/mol. The SMILES string of the molecule is O=C1CN=C(c2ncccc2F)c2c(ccc(C(F)(F)F)c2Cl)N1. The van der Waals surface area contributed by atoms with Crippen LogP contribution in [0, 0.1) is 5.82 Å². The first-order chi connectivity index (χ1) is 11.3. The third-order valence-corrected chi connectivity index (χ3v) is 3.71. The first-order valence-electron chi connectivity index (χ1n) is 6.64. The van der Waals surface area contributed by atoms with Gasteiger partial charge in [-0.1, -0.05) is 11.6 Å². The van der Waals surface area contributed by atoms with Crippen molar-refractivity contribution < 1.29 is 22.4 Å². The summed E-state index contributed by atoms with van der Waals surface area (Å²) in [6, 6.07) is 4.23. The second-order valence-electron chi connectivity index (χ2n) is 4.89. The Morgan fingerprint density at radius 2 is 1.96 bits per heavy atom. The number of carbonyl (C=O) groups excluding carboxylic acids is 1. The quantitative estimate of drug-likeness (QED) is 0.791. The molecule has 3 rings (SSSR count). The van der Waals surface area contributed by atoms with E-state index in [4.69, 9.17) is 11.6 Å². The molecule has 0 bridgehead atoms. The number of nitrogens with zero attached hydrogens (tertiary/aromatic N) is 2. The van der Waals surface area contributed by atoms with Crippen molar-refractivity contribution in [3.8, 4) is 0 Å². The van der Waals surface area contributed by atoms with E-state index >= 15 is 0 Å². The van der Waals surface area contributed by atoms with Gasteiger partial charge in [-0.05, 0) is 24.3 Å². The fourth-order valence-corrected chi connectivity index (χ4v) is 2.66. The zero-order valence-corrected chi connectivity index (χ0v) is 12.5. The molecule has 9 heteroatoms. The number of aliphatic imine (C=N–C) groups is 1. The lowest BCUT2D eigenvalue weighted by Crippen LogP contribution is -2.15. The van der Waals surface area contributed by atoms with Crippen molar-refractivity contribution in [3.05, 3.63) is 58.1 Å². The zero-order valence-electron chi connectivity index (χ0n) is 11.8. The minimum absolute atomic E-state index is 0.0132. The summed E-state index contributed by atoms with van der Waals surface area (Å²) >= 11 is 5.93. The highest BCUT2D eigenvalue weighted by Crippen LogP contribution is 2.40. The molecule has 2 aromatic rings. The molecule has 0 unspecified atom stereocenters. The largest absolute Gasteiger partial charge is 0.417 e. The summed E-state index contributed by atoms with van der Waals surface area (Å²) in [6.07, 6.45) is -3.45. The standard InChI is InChI=1S/C15H8ClF4N3O/c16-12-7(15(18,19)20)3-4-9-11(12)14(22-6-10(24)23-9)13-8(17)2-1-5-21-13/h1-5H,6H2,(H,23,24). The molecule has 0 spiro atoms. The molecule has 0 saturated heterocycles. The van der Waals surface area contributed by atoms with Crippen molar-refractivity contribution in [2.45, 2.75) is 6.18 Å². The first-order valence-corrected chi connectivity index (χ1v) is 7.02. The van der Waals surface area contributed by atoms with Gasteiger partial charge >= 0.3 is 6.18 Å². The van der Waals surface area contributed by atoms with Crippen molar-refractivity contribution in [2.75, 3.05) is 11.9 Å². The predicted octanol–water partition coefficient (Wildman–Crippen LogP) is 3.68.